The van der Waals surface area contributed by atoms with E-state index < -0.39 is 30.4 Å². The van der Waals surface area contributed by atoms with Gasteiger partial charge in [0.2, 0.25) is 5.78 Å². The van der Waals surface area contributed by atoms with E-state index in [1.807, 2.05) is 0 Å². The van der Waals surface area contributed by atoms with Gasteiger partial charge in [-0.1, -0.05) is 34.8 Å². The summed E-state index contributed by atoms with van der Waals surface area (Å²) >= 11 is 16.5. The lowest BCUT2D eigenvalue weighted by atomic mass is 10.1. The van der Waals surface area contributed by atoms with Gasteiger partial charge in [-0.2, -0.15) is 0 Å². The number of halogens is 3. The van der Waals surface area contributed by atoms with Crippen LogP contribution in [0.5, 0.6) is 0 Å². The first-order valence-corrected chi connectivity index (χ1v) is 8.45. The highest BCUT2D eigenvalue weighted by atomic mass is 35.6. The van der Waals surface area contributed by atoms with Crippen molar-refractivity contribution < 1.29 is 18.0 Å². The lowest BCUT2D eigenvalue weighted by Crippen LogP contribution is -2.26. The van der Waals surface area contributed by atoms with Crippen molar-refractivity contribution in [2.75, 3.05) is 6.26 Å². The highest BCUT2D eigenvalue weighted by Crippen LogP contribution is 2.31. The number of alkyl halides is 3. The van der Waals surface area contributed by atoms with Crippen LogP contribution in [0.1, 0.15) is 27.8 Å². The lowest BCUT2D eigenvalue weighted by molar-refractivity contribution is 0.0985. The van der Waals surface area contributed by atoms with Crippen molar-refractivity contribution in [2.45, 2.75) is 16.0 Å². The van der Waals surface area contributed by atoms with Gasteiger partial charge in [0.25, 0.3) is 3.79 Å². The molecular weight excluding hydrogens is 349 g/mol. The Labute approximate surface area is 131 Å². The monoisotopic (exact) mass is 359 g/mol. The maximum Gasteiger partial charge on any atom is 0.255 e. The summed E-state index contributed by atoms with van der Waals surface area (Å²) in [5.74, 6) is -1.41. The third kappa shape index (κ3) is 3.75. The minimum atomic E-state index is -3.52. The zero-order chi connectivity index (χ0) is 15.9. The van der Waals surface area contributed by atoms with Gasteiger partial charge < -0.3 is 4.57 Å². The number of carbonyl (C=O) groups is 2. The first-order chi connectivity index (χ1) is 8.85. The average Bonchev–Trinajstić information content (AvgIpc) is 2.65. The number of ketones is 2. The number of aryl methyl sites for hydroxylation is 1. The Hall–Kier alpha value is -0.560. The van der Waals surface area contributed by atoms with Gasteiger partial charge in [0.15, 0.2) is 15.6 Å². The van der Waals surface area contributed by atoms with Gasteiger partial charge in [0, 0.05) is 25.1 Å². The lowest BCUT2D eigenvalue weighted by Gasteiger charge is -2.09. The molecule has 0 aromatic carbocycles. The molecule has 9 heteroatoms. The highest BCUT2D eigenvalue weighted by molar-refractivity contribution is 7.92. The zero-order valence-electron chi connectivity index (χ0n) is 10.9. The van der Waals surface area contributed by atoms with Gasteiger partial charge >= 0.3 is 0 Å². The molecular formula is C11H12Cl3NO4S. The summed E-state index contributed by atoms with van der Waals surface area (Å²) in [6.07, 6.45) is 2.29. The van der Waals surface area contributed by atoms with Crippen molar-refractivity contribution in [3.63, 3.8) is 0 Å². The molecule has 5 nitrogen and oxygen atoms in total. The van der Waals surface area contributed by atoms with Crippen molar-refractivity contribution >= 4 is 56.2 Å². The number of nitrogens with zero attached hydrogens (tertiary/aromatic N) is 1. The smallest absolute Gasteiger partial charge is 0.255 e. The summed E-state index contributed by atoms with van der Waals surface area (Å²) in [5, 5.41) is -1.21. The Morgan fingerprint density at radius 2 is 1.80 bits per heavy atom. The fourth-order valence-corrected chi connectivity index (χ4v) is 2.31. The molecule has 0 radical (unpaired) electrons. The van der Waals surface area contributed by atoms with Crippen LogP contribution in [0.25, 0.3) is 0 Å². The molecule has 0 saturated carbocycles. The molecule has 1 aromatic rings. The molecule has 0 bridgehead atoms. The standard InChI is InChI=1S/C11H12Cl3NO4S/c1-6(20(3,18)19)9(16)7-4-8(15(2)5-7)10(17)11(12,13)14/h4-6H,1-3H3. The quantitative estimate of drug-likeness (QED) is 0.609. The van der Waals surface area contributed by atoms with E-state index in [9.17, 15) is 18.0 Å². The molecule has 0 aliphatic rings. The second-order valence-corrected chi connectivity index (χ2v) is 9.04. The fraction of sp³-hybridized carbons (Fsp3) is 0.455. The fourth-order valence-electron chi connectivity index (χ4n) is 1.50. The van der Waals surface area contributed by atoms with E-state index in [-0.39, 0.29) is 11.3 Å². The highest BCUT2D eigenvalue weighted by Gasteiger charge is 2.35. The Bertz CT molecular complexity index is 658. The number of rotatable bonds is 4. The average molecular weight is 361 g/mol. The molecule has 1 rings (SSSR count). The van der Waals surface area contributed by atoms with Crippen molar-refractivity contribution in [2.24, 2.45) is 7.05 Å². The number of hydrogen-bond acceptors (Lipinski definition) is 4. The molecule has 0 aliphatic heterocycles. The first kappa shape index (κ1) is 17.5. The van der Waals surface area contributed by atoms with Crippen molar-refractivity contribution in [3.05, 3.63) is 23.5 Å². The Morgan fingerprint density at radius 1 is 1.30 bits per heavy atom. The van der Waals surface area contributed by atoms with Crippen molar-refractivity contribution in [3.8, 4) is 0 Å². The van der Waals surface area contributed by atoms with Gasteiger partial charge in [-0.05, 0) is 13.0 Å². The molecule has 0 spiro atoms. The number of carbonyl (C=O) groups excluding carboxylic acids is 2. The summed E-state index contributed by atoms with van der Waals surface area (Å²) in [6, 6.07) is 1.22. The van der Waals surface area contributed by atoms with Gasteiger partial charge in [-0.3, -0.25) is 9.59 Å². The molecule has 0 saturated heterocycles. The van der Waals surface area contributed by atoms with E-state index >= 15 is 0 Å². The minimum Gasteiger partial charge on any atom is -0.347 e. The first-order valence-electron chi connectivity index (χ1n) is 5.36. The van der Waals surface area contributed by atoms with Gasteiger partial charge in [-0.15, -0.1) is 0 Å². The van der Waals surface area contributed by atoms with Crippen LogP contribution >= 0.6 is 34.8 Å². The second-order valence-electron chi connectivity index (χ2n) is 4.39. The van der Waals surface area contributed by atoms with Crippen LogP contribution in [-0.4, -0.2) is 39.8 Å². The summed E-state index contributed by atoms with van der Waals surface area (Å²) in [4.78, 5) is 23.9. The topological polar surface area (TPSA) is 73.2 Å². The van der Waals surface area contributed by atoms with E-state index in [2.05, 4.69) is 0 Å². The molecule has 0 fully saturated rings. The molecule has 0 aliphatic carbocycles. The van der Waals surface area contributed by atoms with Crippen LogP contribution in [0.15, 0.2) is 12.3 Å². The van der Waals surface area contributed by atoms with Crippen LogP contribution in [0, 0.1) is 0 Å². The molecule has 0 N–H and O–H groups in total. The Balaban J connectivity index is 3.20. The predicted octanol–water partition coefficient (Wildman–Crippen LogP) is 2.19. The van der Waals surface area contributed by atoms with E-state index in [1.54, 1.807) is 0 Å². The molecule has 1 aromatic heterocycles. The maximum atomic E-state index is 12.0. The van der Waals surface area contributed by atoms with E-state index in [4.69, 9.17) is 34.8 Å². The van der Waals surface area contributed by atoms with E-state index in [1.165, 1.54) is 30.8 Å². The normalized spacial score (nSPS) is 14.1. The third-order valence-electron chi connectivity index (χ3n) is 2.79. The van der Waals surface area contributed by atoms with Crippen molar-refractivity contribution in [1.82, 2.24) is 4.57 Å². The maximum absolute atomic E-state index is 12.0. The number of hydrogen-bond donors (Lipinski definition) is 0. The number of sulfone groups is 1. The molecule has 0 amide bonds. The summed E-state index contributed by atoms with van der Waals surface area (Å²) in [6.45, 7) is 1.28. The van der Waals surface area contributed by atoms with Gasteiger partial charge in [0.1, 0.15) is 5.25 Å². The summed E-state index contributed by atoms with van der Waals surface area (Å²) < 4.78 is 21.9. The molecule has 1 heterocycles. The SMILES string of the molecule is CC(C(=O)c1cc(C(=O)C(Cl)(Cl)Cl)n(C)c1)S(C)(=O)=O. The zero-order valence-corrected chi connectivity index (χ0v) is 13.9. The number of aromatic nitrogens is 1. The molecule has 20 heavy (non-hydrogen) atoms. The van der Waals surface area contributed by atoms with Crippen LogP contribution in [0.3, 0.4) is 0 Å². The summed E-state index contributed by atoms with van der Waals surface area (Å²) in [7, 11) is -2.03. The summed E-state index contributed by atoms with van der Waals surface area (Å²) in [5.41, 5.74) is 0.0806. The third-order valence-corrected chi connectivity index (χ3v) is 4.80. The van der Waals surface area contributed by atoms with Crippen LogP contribution in [-0.2, 0) is 16.9 Å². The van der Waals surface area contributed by atoms with Crippen molar-refractivity contribution in [1.29, 1.82) is 0 Å². The Kier molecular flexibility index (Phi) is 4.96. The molecule has 1 unspecified atom stereocenters. The van der Waals surface area contributed by atoms with Crippen LogP contribution in [0.2, 0.25) is 0 Å². The number of Topliss-reactive ketones (excluding diaryl/α,β-unsaturated/α-hetero) is 2. The molecule has 1 atom stereocenters. The van der Waals surface area contributed by atoms with E-state index in [0.29, 0.717) is 0 Å². The van der Waals surface area contributed by atoms with E-state index in [0.717, 1.165) is 6.26 Å². The van der Waals surface area contributed by atoms with Gasteiger partial charge in [-0.25, -0.2) is 8.42 Å². The van der Waals surface area contributed by atoms with Crippen LogP contribution < -0.4 is 0 Å². The van der Waals surface area contributed by atoms with Gasteiger partial charge in [0.05, 0.1) is 5.69 Å². The molecule has 112 valence electrons. The van der Waals surface area contributed by atoms with Crippen LogP contribution in [0.4, 0.5) is 0 Å². The Morgan fingerprint density at radius 3 is 2.20 bits per heavy atom. The largest absolute Gasteiger partial charge is 0.347 e. The second kappa shape index (κ2) is 5.67. The minimum absolute atomic E-state index is 0.00838. The predicted molar refractivity (Wildman–Crippen MR) is 78.7 cm³/mol.